The highest BCUT2D eigenvalue weighted by Crippen LogP contribution is 2.21. The summed E-state index contributed by atoms with van der Waals surface area (Å²) < 4.78 is 0. The summed E-state index contributed by atoms with van der Waals surface area (Å²) in [7, 11) is 2.05. The maximum absolute atomic E-state index is 9.29. The van der Waals surface area contributed by atoms with E-state index in [1.807, 2.05) is 18.2 Å². The molecule has 88 valence electrons. The Morgan fingerprint density at radius 1 is 1.44 bits per heavy atom. The van der Waals surface area contributed by atoms with Gasteiger partial charge in [0.1, 0.15) is 0 Å². The largest absolute Gasteiger partial charge is 0.395 e. The molecule has 16 heavy (non-hydrogen) atoms. The molecule has 3 nitrogen and oxygen atoms in total. The van der Waals surface area contributed by atoms with Gasteiger partial charge in [0, 0.05) is 30.3 Å². The molecule has 1 fully saturated rings. The van der Waals surface area contributed by atoms with Crippen LogP contribution in [0.2, 0.25) is 5.02 Å². The molecule has 1 aromatic rings. The molecule has 1 atom stereocenters. The van der Waals surface area contributed by atoms with Gasteiger partial charge in [-0.1, -0.05) is 17.7 Å². The van der Waals surface area contributed by atoms with Gasteiger partial charge in [-0.25, -0.2) is 0 Å². The lowest BCUT2D eigenvalue weighted by molar-refractivity contribution is 0.135. The Morgan fingerprint density at radius 2 is 2.25 bits per heavy atom. The van der Waals surface area contributed by atoms with Gasteiger partial charge in [0.15, 0.2) is 0 Å². The average molecular weight is 241 g/mol. The van der Waals surface area contributed by atoms with Crippen molar-refractivity contribution in [3.8, 4) is 0 Å². The fourth-order valence-electron chi connectivity index (χ4n) is 2.05. The van der Waals surface area contributed by atoms with Crippen molar-refractivity contribution in [2.24, 2.45) is 0 Å². The van der Waals surface area contributed by atoms with Crippen molar-refractivity contribution < 1.29 is 5.11 Å². The van der Waals surface area contributed by atoms with Crippen LogP contribution in [0, 0.1) is 0 Å². The lowest BCUT2D eigenvalue weighted by Crippen LogP contribution is -2.53. The minimum Gasteiger partial charge on any atom is -0.395 e. The Hall–Kier alpha value is -0.770. The fourth-order valence-corrected chi connectivity index (χ4v) is 2.24. The normalized spacial score (nSPS) is 22.4. The molecule has 0 radical (unpaired) electrons. The van der Waals surface area contributed by atoms with Crippen LogP contribution in [-0.2, 0) is 0 Å². The van der Waals surface area contributed by atoms with Crippen LogP contribution in [0.4, 0.5) is 5.69 Å². The molecular formula is C12H17ClN2O. The zero-order valence-corrected chi connectivity index (χ0v) is 10.2. The zero-order valence-electron chi connectivity index (χ0n) is 9.43. The van der Waals surface area contributed by atoms with Crippen LogP contribution in [-0.4, -0.2) is 49.3 Å². The highest BCUT2D eigenvalue weighted by Gasteiger charge is 2.23. The third-order valence-electron chi connectivity index (χ3n) is 3.16. The van der Waals surface area contributed by atoms with Crippen LogP contribution >= 0.6 is 11.6 Å². The van der Waals surface area contributed by atoms with E-state index in [-0.39, 0.29) is 12.6 Å². The van der Waals surface area contributed by atoms with E-state index in [0.29, 0.717) is 0 Å². The molecule has 1 aliphatic heterocycles. The number of halogens is 1. The fraction of sp³-hybridized carbons (Fsp3) is 0.500. The summed E-state index contributed by atoms with van der Waals surface area (Å²) in [6, 6.07) is 8.09. The molecule has 0 amide bonds. The number of hydrogen-bond donors (Lipinski definition) is 1. The Labute approximate surface area is 101 Å². The number of nitrogens with zero attached hydrogens (tertiary/aromatic N) is 2. The Bertz CT molecular complexity index is 359. The van der Waals surface area contributed by atoms with Gasteiger partial charge >= 0.3 is 0 Å². The Balaban J connectivity index is 2.11. The van der Waals surface area contributed by atoms with Crippen LogP contribution in [0.25, 0.3) is 0 Å². The molecule has 1 N–H and O–H groups in total. The third kappa shape index (κ3) is 2.48. The highest BCUT2D eigenvalue weighted by atomic mass is 35.5. The maximum Gasteiger partial charge on any atom is 0.0604 e. The first kappa shape index (κ1) is 11.7. The molecule has 0 spiro atoms. The monoisotopic (exact) mass is 240 g/mol. The zero-order chi connectivity index (χ0) is 11.5. The van der Waals surface area contributed by atoms with Crippen LogP contribution < -0.4 is 4.90 Å². The maximum atomic E-state index is 9.29. The van der Waals surface area contributed by atoms with E-state index in [0.717, 1.165) is 30.3 Å². The van der Waals surface area contributed by atoms with E-state index in [4.69, 9.17) is 11.6 Å². The molecule has 4 heteroatoms. The molecule has 1 unspecified atom stereocenters. The molecule has 2 rings (SSSR count). The van der Waals surface area contributed by atoms with Gasteiger partial charge in [-0.3, -0.25) is 4.90 Å². The summed E-state index contributed by atoms with van der Waals surface area (Å²) in [6.07, 6.45) is 0. The summed E-state index contributed by atoms with van der Waals surface area (Å²) in [5.74, 6) is 0. The number of aliphatic hydroxyl groups is 1. The molecule has 1 aliphatic rings. The van der Waals surface area contributed by atoms with Crippen LogP contribution in [0.1, 0.15) is 0 Å². The molecule has 1 aromatic carbocycles. The van der Waals surface area contributed by atoms with Crippen molar-refractivity contribution in [3.63, 3.8) is 0 Å². The van der Waals surface area contributed by atoms with Crippen LogP contribution in [0.3, 0.4) is 0 Å². The SMILES string of the molecule is CN1CCN(c2cccc(Cl)c2)CC1CO. The number of aliphatic hydroxyl groups excluding tert-OH is 1. The summed E-state index contributed by atoms with van der Waals surface area (Å²) in [4.78, 5) is 4.47. The van der Waals surface area contributed by atoms with Gasteiger partial charge in [-0.05, 0) is 25.2 Å². The second-order valence-electron chi connectivity index (χ2n) is 4.24. The second-order valence-corrected chi connectivity index (χ2v) is 4.68. The molecule has 1 saturated heterocycles. The summed E-state index contributed by atoms with van der Waals surface area (Å²) in [5.41, 5.74) is 1.14. The Morgan fingerprint density at radius 3 is 2.94 bits per heavy atom. The third-order valence-corrected chi connectivity index (χ3v) is 3.40. The molecule has 1 heterocycles. The predicted molar refractivity (Wildman–Crippen MR) is 67.2 cm³/mol. The number of benzene rings is 1. The first-order valence-corrected chi connectivity index (χ1v) is 5.90. The van der Waals surface area contributed by atoms with E-state index in [9.17, 15) is 5.11 Å². The number of rotatable bonds is 2. The topological polar surface area (TPSA) is 26.7 Å². The van der Waals surface area contributed by atoms with Crippen molar-refractivity contribution in [3.05, 3.63) is 29.3 Å². The van der Waals surface area contributed by atoms with E-state index in [2.05, 4.69) is 22.9 Å². The average Bonchev–Trinajstić information content (AvgIpc) is 2.29. The van der Waals surface area contributed by atoms with E-state index >= 15 is 0 Å². The van der Waals surface area contributed by atoms with Crippen molar-refractivity contribution in [2.75, 3.05) is 38.2 Å². The van der Waals surface area contributed by atoms with Gasteiger partial charge in [-0.2, -0.15) is 0 Å². The highest BCUT2D eigenvalue weighted by molar-refractivity contribution is 6.30. The Kier molecular flexibility index (Phi) is 3.69. The first-order chi connectivity index (χ1) is 7.70. The summed E-state index contributed by atoms with van der Waals surface area (Å²) in [6.45, 7) is 3.01. The van der Waals surface area contributed by atoms with Crippen molar-refractivity contribution in [1.82, 2.24) is 4.90 Å². The van der Waals surface area contributed by atoms with Gasteiger partial charge < -0.3 is 10.0 Å². The number of piperazine rings is 1. The smallest absolute Gasteiger partial charge is 0.0604 e. The molecule has 0 bridgehead atoms. The standard InChI is InChI=1S/C12H17ClN2O/c1-14-5-6-15(8-12(14)9-16)11-4-2-3-10(13)7-11/h2-4,7,12,16H,5-6,8-9H2,1H3. The van der Waals surface area contributed by atoms with E-state index in [1.54, 1.807) is 0 Å². The van der Waals surface area contributed by atoms with Crippen molar-refractivity contribution in [2.45, 2.75) is 6.04 Å². The minimum atomic E-state index is 0.202. The predicted octanol–water partition coefficient (Wildman–Crippen LogP) is 1.45. The molecular weight excluding hydrogens is 224 g/mol. The minimum absolute atomic E-state index is 0.202. The lowest BCUT2D eigenvalue weighted by atomic mass is 10.1. The second kappa shape index (κ2) is 5.04. The van der Waals surface area contributed by atoms with Gasteiger partial charge in [0.05, 0.1) is 12.6 Å². The first-order valence-electron chi connectivity index (χ1n) is 5.52. The molecule has 0 aromatic heterocycles. The lowest BCUT2D eigenvalue weighted by Gasteiger charge is -2.39. The molecule has 0 aliphatic carbocycles. The number of likely N-dealkylation sites (N-methyl/N-ethyl adjacent to an activating group) is 1. The summed E-state index contributed by atoms with van der Waals surface area (Å²) in [5, 5.41) is 10.0. The van der Waals surface area contributed by atoms with Crippen molar-refractivity contribution >= 4 is 17.3 Å². The van der Waals surface area contributed by atoms with Gasteiger partial charge in [0.2, 0.25) is 0 Å². The van der Waals surface area contributed by atoms with E-state index < -0.39 is 0 Å². The number of anilines is 1. The van der Waals surface area contributed by atoms with Gasteiger partial charge in [-0.15, -0.1) is 0 Å². The summed E-state index contributed by atoms with van der Waals surface area (Å²) >= 11 is 5.98. The van der Waals surface area contributed by atoms with E-state index in [1.165, 1.54) is 0 Å². The quantitative estimate of drug-likeness (QED) is 0.848. The van der Waals surface area contributed by atoms with Crippen LogP contribution in [0.5, 0.6) is 0 Å². The van der Waals surface area contributed by atoms with Crippen LogP contribution in [0.15, 0.2) is 24.3 Å². The number of hydrogen-bond acceptors (Lipinski definition) is 3. The van der Waals surface area contributed by atoms with Gasteiger partial charge in [0.25, 0.3) is 0 Å². The molecule has 0 saturated carbocycles. The van der Waals surface area contributed by atoms with Crippen molar-refractivity contribution in [1.29, 1.82) is 0 Å².